The van der Waals surface area contributed by atoms with Crippen LogP contribution in [0.1, 0.15) is 12.0 Å². The fourth-order valence-corrected chi connectivity index (χ4v) is 2.08. The SMILES string of the molecule is O=C(O)N1CCCN(c2ccc(C(F)(F)F)cn2)CC1. The molecule has 5 nitrogen and oxygen atoms in total. The van der Waals surface area contributed by atoms with Gasteiger partial charge in [-0.3, -0.25) is 0 Å². The van der Waals surface area contributed by atoms with E-state index in [1.54, 1.807) is 4.90 Å². The van der Waals surface area contributed by atoms with Crippen molar-refractivity contribution in [1.82, 2.24) is 9.88 Å². The summed E-state index contributed by atoms with van der Waals surface area (Å²) in [4.78, 5) is 17.8. The molecular formula is C12H14F3N3O2. The summed E-state index contributed by atoms with van der Waals surface area (Å²) in [7, 11) is 0. The molecule has 2 heterocycles. The lowest BCUT2D eigenvalue weighted by Crippen LogP contribution is -2.34. The highest BCUT2D eigenvalue weighted by molar-refractivity contribution is 5.65. The van der Waals surface area contributed by atoms with Crippen LogP contribution in [0, 0.1) is 0 Å². The third-order valence-electron chi connectivity index (χ3n) is 3.17. The second-order valence-corrected chi connectivity index (χ2v) is 4.51. The summed E-state index contributed by atoms with van der Waals surface area (Å²) in [5.74, 6) is 0.435. The molecule has 0 atom stereocenters. The number of aromatic nitrogens is 1. The fourth-order valence-electron chi connectivity index (χ4n) is 2.08. The predicted octanol–water partition coefficient (Wildman–Crippen LogP) is 2.29. The molecule has 1 aromatic rings. The van der Waals surface area contributed by atoms with Crippen molar-refractivity contribution in [2.75, 3.05) is 31.1 Å². The zero-order valence-corrected chi connectivity index (χ0v) is 10.6. The molecule has 1 aliphatic heterocycles. The van der Waals surface area contributed by atoms with Crippen molar-refractivity contribution in [3.63, 3.8) is 0 Å². The van der Waals surface area contributed by atoms with Gasteiger partial charge in [-0.1, -0.05) is 0 Å². The fraction of sp³-hybridized carbons (Fsp3) is 0.500. The van der Waals surface area contributed by atoms with E-state index >= 15 is 0 Å². The highest BCUT2D eigenvalue weighted by Crippen LogP contribution is 2.29. The van der Waals surface area contributed by atoms with Crippen LogP contribution in [-0.2, 0) is 6.18 Å². The molecule has 1 aliphatic rings. The van der Waals surface area contributed by atoms with Crippen molar-refractivity contribution in [3.8, 4) is 0 Å². The maximum absolute atomic E-state index is 12.4. The van der Waals surface area contributed by atoms with Crippen molar-refractivity contribution in [2.45, 2.75) is 12.6 Å². The lowest BCUT2D eigenvalue weighted by atomic mass is 10.2. The van der Waals surface area contributed by atoms with Crippen LogP contribution in [0.4, 0.5) is 23.8 Å². The Morgan fingerprint density at radius 3 is 2.50 bits per heavy atom. The van der Waals surface area contributed by atoms with E-state index in [-0.39, 0.29) is 0 Å². The Morgan fingerprint density at radius 1 is 1.20 bits per heavy atom. The standard InChI is InChI=1S/C12H14F3N3O2/c13-12(14,15)9-2-3-10(16-8-9)17-4-1-5-18(7-6-17)11(19)20/h2-3,8H,1,4-7H2,(H,19,20). The van der Waals surface area contributed by atoms with Crippen molar-refractivity contribution in [3.05, 3.63) is 23.9 Å². The average molecular weight is 289 g/mol. The summed E-state index contributed by atoms with van der Waals surface area (Å²) in [6.07, 6.45) is -3.96. The number of nitrogens with zero attached hydrogens (tertiary/aromatic N) is 3. The molecule has 2 rings (SSSR count). The Hall–Kier alpha value is -1.99. The van der Waals surface area contributed by atoms with E-state index in [1.807, 2.05) is 0 Å². The molecule has 0 unspecified atom stereocenters. The van der Waals surface area contributed by atoms with E-state index in [9.17, 15) is 18.0 Å². The van der Waals surface area contributed by atoms with E-state index in [1.165, 1.54) is 11.0 Å². The normalized spacial score (nSPS) is 16.9. The first-order chi connectivity index (χ1) is 9.38. The summed E-state index contributed by atoms with van der Waals surface area (Å²) >= 11 is 0. The van der Waals surface area contributed by atoms with Crippen LogP contribution in [0.3, 0.4) is 0 Å². The van der Waals surface area contributed by atoms with Crippen molar-refractivity contribution >= 4 is 11.9 Å². The molecule has 0 spiro atoms. The van der Waals surface area contributed by atoms with Crippen molar-refractivity contribution in [2.24, 2.45) is 0 Å². The molecule has 0 aromatic carbocycles. The molecule has 1 saturated heterocycles. The molecule has 0 aliphatic carbocycles. The van der Waals surface area contributed by atoms with Crippen molar-refractivity contribution < 1.29 is 23.1 Å². The van der Waals surface area contributed by atoms with Crippen LogP contribution in [0.2, 0.25) is 0 Å². The average Bonchev–Trinajstić information content (AvgIpc) is 2.63. The third kappa shape index (κ3) is 3.31. The Kier molecular flexibility index (Phi) is 4.01. The molecule has 20 heavy (non-hydrogen) atoms. The van der Waals surface area contributed by atoms with E-state index in [2.05, 4.69) is 4.98 Å². The van der Waals surface area contributed by atoms with Crippen LogP contribution < -0.4 is 4.90 Å². The van der Waals surface area contributed by atoms with Crippen LogP contribution >= 0.6 is 0 Å². The molecule has 0 radical (unpaired) electrons. The highest BCUT2D eigenvalue weighted by Gasteiger charge is 2.31. The largest absolute Gasteiger partial charge is 0.465 e. The smallest absolute Gasteiger partial charge is 0.417 e. The Bertz CT molecular complexity index is 476. The molecule has 1 fully saturated rings. The summed E-state index contributed by atoms with van der Waals surface area (Å²) in [5.41, 5.74) is -0.789. The quantitative estimate of drug-likeness (QED) is 0.862. The first-order valence-electron chi connectivity index (χ1n) is 6.14. The summed E-state index contributed by atoms with van der Waals surface area (Å²) < 4.78 is 37.3. The van der Waals surface area contributed by atoms with Gasteiger partial charge in [-0.2, -0.15) is 13.2 Å². The summed E-state index contributed by atoms with van der Waals surface area (Å²) in [6.45, 7) is 1.73. The predicted molar refractivity (Wildman–Crippen MR) is 65.7 cm³/mol. The maximum atomic E-state index is 12.4. The number of amides is 1. The topological polar surface area (TPSA) is 56.7 Å². The zero-order chi connectivity index (χ0) is 14.8. The van der Waals surface area contributed by atoms with Gasteiger partial charge in [-0.25, -0.2) is 9.78 Å². The van der Waals surface area contributed by atoms with E-state index < -0.39 is 17.8 Å². The van der Waals surface area contributed by atoms with E-state index in [4.69, 9.17) is 5.11 Å². The molecule has 1 amide bonds. The number of rotatable bonds is 1. The number of anilines is 1. The second-order valence-electron chi connectivity index (χ2n) is 4.51. The number of hydrogen-bond donors (Lipinski definition) is 1. The van der Waals surface area contributed by atoms with Crippen LogP contribution in [0.25, 0.3) is 0 Å². The van der Waals surface area contributed by atoms with Crippen LogP contribution in [0.5, 0.6) is 0 Å². The number of pyridine rings is 1. The van der Waals surface area contributed by atoms with E-state index in [0.717, 1.165) is 12.3 Å². The Labute approximate surface area is 113 Å². The Morgan fingerprint density at radius 2 is 1.95 bits per heavy atom. The lowest BCUT2D eigenvalue weighted by Gasteiger charge is -2.22. The number of carbonyl (C=O) groups is 1. The number of carboxylic acid groups (broad SMARTS) is 1. The summed E-state index contributed by atoms with van der Waals surface area (Å²) in [6, 6.07) is 2.31. The molecular weight excluding hydrogens is 275 g/mol. The summed E-state index contributed by atoms with van der Waals surface area (Å²) in [5, 5.41) is 8.91. The molecule has 0 saturated carbocycles. The molecule has 110 valence electrons. The lowest BCUT2D eigenvalue weighted by molar-refractivity contribution is -0.137. The van der Waals surface area contributed by atoms with Gasteiger partial charge < -0.3 is 14.9 Å². The highest BCUT2D eigenvalue weighted by atomic mass is 19.4. The van der Waals surface area contributed by atoms with E-state index in [0.29, 0.717) is 38.4 Å². The first-order valence-corrected chi connectivity index (χ1v) is 6.14. The minimum Gasteiger partial charge on any atom is -0.465 e. The van der Waals surface area contributed by atoms with Crippen molar-refractivity contribution in [1.29, 1.82) is 0 Å². The number of alkyl halides is 3. The number of halogens is 3. The molecule has 1 N–H and O–H groups in total. The van der Waals surface area contributed by atoms with Gasteiger partial charge in [-0.05, 0) is 18.6 Å². The van der Waals surface area contributed by atoms with Gasteiger partial charge in [0, 0.05) is 32.4 Å². The van der Waals surface area contributed by atoms with Gasteiger partial charge in [-0.15, -0.1) is 0 Å². The molecule has 0 bridgehead atoms. The van der Waals surface area contributed by atoms with Gasteiger partial charge >= 0.3 is 12.3 Å². The minimum atomic E-state index is -4.40. The van der Waals surface area contributed by atoms with Gasteiger partial charge in [0.1, 0.15) is 5.82 Å². The molecule has 1 aromatic heterocycles. The number of hydrogen-bond acceptors (Lipinski definition) is 3. The van der Waals surface area contributed by atoms with Gasteiger partial charge in [0.25, 0.3) is 0 Å². The van der Waals surface area contributed by atoms with Crippen LogP contribution in [0.15, 0.2) is 18.3 Å². The van der Waals surface area contributed by atoms with Gasteiger partial charge in [0.2, 0.25) is 0 Å². The second kappa shape index (κ2) is 5.56. The third-order valence-corrected chi connectivity index (χ3v) is 3.17. The van der Waals surface area contributed by atoms with Gasteiger partial charge in [0.15, 0.2) is 0 Å². The monoisotopic (exact) mass is 289 g/mol. The van der Waals surface area contributed by atoms with Gasteiger partial charge in [0.05, 0.1) is 5.56 Å². The maximum Gasteiger partial charge on any atom is 0.417 e. The van der Waals surface area contributed by atoms with Crippen LogP contribution in [-0.4, -0.2) is 47.3 Å². The Balaban J connectivity index is 2.06. The first kappa shape index (κ1) is 14.4. The molecule has 8 heteroatoms. The minimum absolute atomic E-state index is 0.317. The zero-order valence-electron chi connectivity index (χ0n) is 10.6.